The van der Waals surface area contributed by atoms with E-state index in [0.29, 0.717) is 0 Å². The third kappa shape index (κ3) is 7.67. The van der Waals surface area contributed by atoms with E-state index in [0.717, 1.165) is 39.6 Å². The second-order valence-corrected chi connectivity index (χ2v) is 10.4. The van der Waals surface area contributed by atoms with Gasteiger partial charge in [0.15, 0.2) is 0 Å². The van der Waals surface area contributed by atoms with E-state index in [4.69, 9.17) is 0 Å². The lowest BCUT2D eigenvalue weighted by Gasteiger charge is -2.31. The van der Waals surface area contributed by atoms with Crippen LogP contribution in [0.3, 0.4) is 0 Å². The van der Waals surface area contributed by atoms with Crippen molar-refractivity contribution in [3.8, 4) is 0 Å². The van der Waals surface area contributed by atoms with Crippen molar-refractivity contribution < 1.29 is 58.3 Å². The van der Waals surface area contributed by atoms with Crippen molar-refractivity contribution in [2.24, 2.45) is 0 Å². The standard InChI is InChI=1S/C28H20F10IN3O3/c1-40-21(43)10-11-42(24(45)15-6-3-2-4-7-15)18-9-5-8-16(12-18)23(44)41-22-19(26(30,31)32)13-17(14-20(22)39)25(29,27(33,34)35)28(36,37)38/h2-9,12-14H,10-11H2,1H3,(H,40,43)(H,41,44). The number of anilines is 2. The van der Waals surface area contributed by atoms with Crippen LogP contribution in [-0.4, -0.2) is 43.7 Å². The Hall–Kier alpha value is -3.90. The van der Waals surface area contributed by atoms with Crippen molar-refractivity contribution in [2.45, 2.75) is 30.6 Å². The Morgan fingerprint density at radius 1 is 0.778 bits per heavy atom. The highest BCUT2D eigenvalue weighted by Crippen LogP contribution is 2.54. The maximum atomic E-state index is 14.6. The van der Waals surface area contributed by atoms with Gasteiger partial charge in [-0.1, -0.05) is 24.3 Å². The topological polar surface area (TPSA) is 78.5 Å². The Balaban J connectivity index is 2.07. The number of halogens is 11. The average molecular weight is 763 g/mol. The van der Waals surface area contributed by atoms with Gasteiger partial charge in [-0.25, -0.2) is 4.39 Å². The first-order chi connectivity index (χ1) is 20.7. The Bertz CT molecular complexity index is 1560. The number of amides is 3. The van der Waals surface area contributed by atoms with Crippen LogP contribution in [0.1, 0.15) is 38.3 Å². The van der Waals surface area contributed by atoms with Crippen molar-refractivity contribution in [1.29, 1.82) is 0 Å². The second-order valence-electron chi connectivity index (χ2n) is 9.28. The van der Waals surface area contributed by atoms with E-state index in [9.17, 15) is 58.3 Å². The van der Waals surface area contributed by atoms with E-state index in [-0.39, 0.29) is 35.8 Å². The number of nitrogens with one attached hydrogen (secondary N) is 2. The molecule has 45 heavy (non-hydrogen) atoms. The number of rotatable bonds is 8. The van der Waals surface area contributed by atoms with Crippen LogP contribution >= 0.6 is 22.6 Å². The molecule has 242 valence electrons. The number of hydrogen-bond donors (Lipinski definition) is 2. The van der Waals surface area contributed by atoms with Gasteiger partial charge in [0.05, 0.1) is 11.3 Å². The number of carbonyl (C=O) groups excluding carboxylic acids is 3. The molecule has 3 aromatic carbocycles. The van der Waals surface area contributed by atoms with Crippen LogP contribution in [0.5, 0.6) is 0 Å². The molecule has 0 fully saturated rings. The molecule has 3 rings (SSSR count). The van der Waals surface area contributed by atoms with Gasteiger partial charge in [-0.3, -0.25) is 14.4 Å². The van der Waals surface area contributed by atoms with Gasteiger partial charge in [0.25, 0.3) is 11.8 Å². The number of benzene rings is 3. The van der Waals surface area contributed by atoms with Crippen LogP contribution in [0.15, 0.2) is 66.7 Å². The zero-order chi connectivity index (χ0) is 34.0. The number of nitrogens with zero attached hydrogens (tertiary/aromatic N) is 1. The Morgan fingerprint density at radius 2 is 1.36 bits per heavy atom. The monoisotopic (exact) mass is 763 g/mol. The SMILES string of the molecule is CNC(=O)CCN(C(=O)c1ccccc1)c1cccc(C(=O)Nc2c(I)cc(C(F)(C(F)(F)F)C(F)(F)F)cc2C(F)(F)F)c1. The molecule has 0 aromatic heterocycles. The van der Waals surface area contributed by atoms with E-state index in [1.807, 2.05) is 5.32 Å². The third-order valence-electron chi connectivity index (χ3n) is 6.34. The fourth-order valence-electron chi connectivity index (χ4n) is 4.07. The Kier molecular flexibility index (Phi) is 10.5. The first-order valence-corrected chi connectivity index (χ1v) is 13.5. The van der Waals surface area contributed by atoms with Crippen LogP contribution in [0.25, 0.3) is 0 Å². The highest BCUT2D eigenvalue weighted by Gasteiger charge is 2.73. The molecule has 0 atom stereocenters. The van der Waals surface area contributed by atoms with Gasteiger partial charge in [0, 0.05) is 46.0 Å². The minimum absolute atomic E-state index is 0.0269. The highest BCUT2D eigenvalue weighted by atomic mass is 127. The van der Waals surface area contributed by atoms with Crippen LogP contribution < -0.4 is 15.5 Å². The van der Waals surface area contributed by atoms with Gasteiger partial charge in [-0.2, -0.15) is 39.5 Å². The maximum absolute atomic E-state index is 14.6. The lowest BCUT2D eigenvalue weighted by molar-refractivity contribution is -0.348. The smallest absolute Gasteiger partial charge is 0.359 e. The minimum Gasteiger partial charge on any atom is -0.359 e. The van der Waals surface area contributed by atoms with Gasteiger partial charge in [0.1, 0.15) is 0 Å². The first-order valence-electron chi connectivity index (χ1n) is 12.4. The predicted octanol–water partition coefficient (Wildman–Crippen LogP) is 7.63. The summed E-state index contributed by atoms with van der Waals surface area (Å²) in [6.45, 7) is -0.195. The van der Waals surface area contributed by atoms with E-state index in [2.05, 4.69) is 5.32 Å². The molecule has 0 bridgehead atoms. The van der Waals surface area contributed by atoms with Gasteiger partial charge < -0.3 is 15.5 Å². The summed E-state index contributed by atoms with van der Waals surface area (Å²) in [5, 5.41) is 4.20. The number of carbonyl (C=O) groups is 3. The summed E-state index contributed by atoms with van der Waals surface area (Å²) in [6, 6.07) is 11.8. The maximum Gasteiger partial charge on any atom is 0.435 e. The van der Waals surface area contributed by atoms with Gasteiger partial charge >= 0.3 is 24.2 Å². The van der Waals surface area contributed by atoms with Crippen molar-refractivity contribution >= 4 is 51.7 Å². The molecule has 0 saturated carbocycles. The van der Waals surface area contributed by atoms with Crippen molar-refractivity contribution in [3.05, 3.63) is 92.6 Å². The largest absolute Gasteiger partial charge is 0.435 e. The van der Waals surface area contributed by atoms with E-state index in [1.165, 1.54) is 31.3 Å². The molecule has 6 nitrogen and oxygen atoms in total. The fourth-order valence-corrected chi connectivity index (χ4v) is 4.83. The molecule has 0 aliphatic carbocycles. The van der Waals surface area contributed by atoms with Crippen LogP contribution in [-0.2, 0) is 16.6 Å². The Labute approximate surface area is 261 Å². The number of alkyl halides is 10. The third-order valence-corrected chi connectivity index (χ3v) is 7.19. The fraction of sp³-hybridized carbons (Fsp3) is 0.250. The highest BCUT2D eigenvalue weighted by molar-refractivity contribution is 14.1. The van der Waals surface area contributed by atoms with Crippen LogP contribution in [0.4, 0.5) is 55.3 Å². The summed E-state index contributed by atoms with van der Waals surface area (Å²) in [7, 11) is 1.36. The van der Waals surface area contributed by atoms with Crippen LogP contribution in [0.2, 0.25) is 0 Å². The zero-order valence-corrected chi connectivity index (χ0v) is 24.8. The van der Waals surface area contributed by atoms with Crippen LogP contribution in [0, 0.1) is 3.57 Å². The van der Waals surface area contributed by atoms with Crippen molar-refractivity contribution in [2.75, 3.05) is 23.8 Å². The van der Waals surface area contributed by atoms with Gasteiger partial charge in [-0.15, -0.1) is 0 Å². The molecular weight excluding hydrogens is 743 g/mol. The summed E-state index contributed by atoms with van der Waals surface area (Å²) < 4.78 is 135. The van der Waals surface area contributed by atoms with Crippen molar-refractivity contribution in [3.63, 3.8) is 0 Å². The predicted molar refractivity (Wildman–Crippen MR) is 150 cm³/mol. The molecule has 0 saturated heterocycles. The Morgan fingerprint density at radius 3 is 1.89 bits per heavy atom. The lowest BCUT2D eigenvalue weighted by atomic mass is 9.92. The van der Waals surface area contributed by atoms with Gasteiger partial charge in [0.2, 0.25) is 5.91 Å². The quantitative estimate of drug-likeness (QED) is 0.183. The zero-order valence-electron chi connectivity index (χ0n) is 22.6. The molecule has 0 unspecified atom stereocenters. The number of hydrogen-bond acceptors (Lipinski definition) is 3. The van der Waals surface area contributed by atoms with E-state index < -0.39 is 68.4 Å². The summed E-state index contributed by atoms with van der Waals surface area (Å²) in [6.07, 6.45) is -19.2. The second kappa shape index (κ2) is 13.2. The molecule has 0 aliphatic rings. The molecule has 3 aromatic rings. The normalized spacial score (nSPS) is 12.4. The molecule has 2 N–H and O–H groups in total. The van der Waals surface area contributed by atoms with E-state index in [1.54, 1.807) is 18.2 Å². The summed E-state index contributed by atoms with van der Waals surface area (Å²) in [5.74, 6) is -2.35. The summed E-state index contributed by atoms with van der Waals surface area (Å²) >= 11 is 0.947. The lowest BCUT2D eigenvalue weighted by Crippen LogP contribution is -2.50. The summed E-state index contributed by atoms with van der Waals surface area (Å²) in [4.78, 5) is 39.3. The minimum atomic E-state index is -6.68. The summed E-state index contributed by atoms with van der Waals surface area (Å²) in [5.41, 5.74) is -12.1. The average Bonchev–Trinajstić information content (AvgIpc) is 2.96. The molecule has 3 amide bonds. The molecule has 0 heterocycles. The molecular formula is C28H20F10IN3O3. The van der Waals surface area contributed by atoms with Gasteiger partial charge in [-0.05, 0) is 65.1 Å². The molecule has 0 radical (unpaired) electrons. The molecule has 17 heteroatoms. The van der Waals surface area contributed by atoms with Crippen molar-refractivity contribution in [1.82, 2.24) is 5.32 Å². The van der Waals surface area contributed by atoms with E-state index >= 15 is 0 Å². The molecule has 0 spiro atoms. The first kappa shape index (κ1) is 35.6. The molecule has 0 aliphatic heterocycles.